The first-order valence-electron chi connectivity index (χ1n) is 6.00. The SMILES string of the molecule is CN1C(N)=C(C#N)C(C(F)(F)F)(C(F)(F)F)C2=C1CCC2. The highest BCUT2D eigenvalue weighted by molar-refractivity contribution is 5.51. The van der Waals surface area contributed by atoms with Gasteiger partial charge in [0.15, 0.2) is 0 Å². The minimum absolute atomic E-state index is 0.0686. The van der Waals surface area contributed by atoms with E-state index in [1.807, 2.05) is 0 Å². The second-order valence-electron chi connectivity index (χ2n) is 4.96. The molecule has 3 nitrogen and oxygen atoms in total. The van der Waals surface area contributed by atoms with E-state index in [0.717, 1.165) is 11.0 Å². The Morgan fingerprint density at radius 2 is 1.67 bits per heavy atom. The van der Waals surface area contributed by atoms with Crippen LogP contribution in [-0.4, -0.2) is 24.3 Å². The summed E-state index contributed by atoms with van der Waals surface area (Å²) in [6.07, 6.45) is -11.5. The molecule has 0 atom stereocenters. The van der Waals surface area contributed by atoms with Crippen LogP contribution in [0, 0.1) is 16.7 Å². The second-order valence-corrected chi connectivity index (χ2v) is 4.96. The lowest BCUT2D eigenvalue weighted by atomic mass is 9.69. The maximum Gasteiger partial charge on any atom is 0.411 e. The fourth-order valence-electron chi connectivity index (χ4n) is 3.09. The van der Waals surface area contributed by atoms with Crippen LogP contribution in [0.5, 0.6) is 0 Å². The molecule has 0 fully saturated rings. The predicted octanol–water partition coefficient (Wildman–Crippen LogP) is 3.17. The summed E-state index contributed by atoms with van der Waals surface area (Å²) < 4.78 is 80.7. The minimum atomic E-state index is -5.69. The van der Waals surface area contributed by atoms with Crippen LogP contribution in [0.3, 0.4) is 0 Å². The van der Waals surface area contributed by atoms with Crippen molar-refractivity contribution >= 4 is 0 Å². The van der Waals surface area contributed by atoms with Crippen LogP contribution in [0.4, 0.5) is 26.3 Å². The molecule has 1 heterocycles. The monoisotopic (exact) mass is 311 g/mol. The van der Waals surface area contributed by atoms with Crippen molar-refractivity contribution in [2.24, 2.45) is 11.1 Å². The lowest BCUT2D eigenvalue weighted by Crippen LogP contribution is -2.56. The van der Waals surface area contributed by atoms with Gasteiger partial charge in [-0.15, -0.1) is 0 Å². The largest absolute Gasteiger partial charge is 0.411 e. The fraction of sp³-hybridized carbons (Fsp3) is 0.583. The van der Waals surface area contributed by atoms with E-state index in [0.29, 0.717) is 0 Å². The number of nitrogens with zero attached hydrogens (tertiary/aromatic N) is 2. The van der Waals surface area contributed by atoms with Crippen LogP contribution >= 0.6 is 0 Å². The van der Waals surface area contributed by atoms with Gasteiger partial charge in [-0.3, -0.25) is 0 Å². The van der Waals surface area contributed by atoms with Gasteiger partial charge in [-0.1, -0.05) is 0 Å². The Morgan fingerprint density at radius 1 is 1.14 bits per heavy atom. The number of alkyl halides is 6. The van der Waals surface area contributed by atoms with E-state index in [-0.39, 0.29) is 25.0 Å². The first kappa shape index (κ1) is 15.5. The Labute approximate surface area is 116 Å². The van der Waals surface area contributed by atoms with E-state index in [2.05, 4.69) is 0 Å². The molecule has 21 heavy (non-hydrogen) atoms. The smallest absolute Gasteiger partial charge is 0.384 e. The van der Waals surface area contributed by atoms with Gasteiger partial charge in [0, 0.05) is 12.7 Å². The van der Waals surface area contributed by atoms with Crippen molar-refractivity contribution in [2.45, 2.75) is 31.6 Å². The summed E-state index contributed by atoms with van der Waals surface area (Å²) in [5, 5.41) is 8.92. The van der Waals surface area contributed by atoms with Gasteiger partial charge in [0.1, 0.15) is 11.9 Å². The molecule has 0 spiro atoms. The van der Waals surface area contributed by atoms with Crippen molar-refractivity contribution < 1.29 is 26.3 Å². The van der Waals surface area contributed by atoms with Gasteiger partial charge in [-0.05, 0) is 24.8 Å². The zero-order valence-corrected chi connectivity index (χ0v) is 10.9. The molecule has 0 unspecified atom stereocenters. The first-order valence-corrected chi connectivity index (χ1v) is 6.00. The van der Waals surface area contributed by atoms with Gasteiger partial charge >= 0.3 is 12.4 Å². The molecule has 1 aliphatic carbocycles. The average molecular weight is 311 g/mol. The lowest BCUT2D eigenvalue weighted by Gasteiger charge is -2.44. The van der Waals surface area contributed by atoms with Crippen LogP contribution in [-0.2, 0) is 0 Å². The van der Waals surface area contributed by atoms with Crippen LogP contribution in [0.2, 0.25) is 0 Å². The summed E-state index contributed by atoms with van der Waals surface area (Å²) in [4.78, 5) is 1.05. The number of nitrogens with two attached hydrogens (primary N) is 1. The molecule has 116 valence electrons. The van der Waals surface area contributed by atoms with Gasteiger partial charge in [0.25, 0.3) is 0 Å². The molecule has 2 aliphatic rings. The van der Waals surface area contributed by atoms with Crippen molar-refractivity contribution in [3.05, 3.63) is 22.7 Å². The van der Waals surface area contributed by atoms with Gasteiger partial charge in [-0.2, -0.15) is 31.6 Å². The minimum Gasteiger partial charge on any atom is -0.384 e. The Balaban J connectivity index is 2.91. The van der Waals surface area contributed by atoms with Crippen LogP contribution in [0.25, 0.3) is 0 Å². The Hall–Kier alpha value is -1.85. The molecule has 0 radical (unpaired) electrons. The Kier molecular flexibility index (Phi) is 3.20. The quantitative estimate of drug-likeness (QED) is 0.699. The molecule has 0 amide bonds. The van der Waals surface area contributed by atoms with Gasteiger partial charge < -0.3 is 10.6 Å². The van der Waals surface area contributed by atoms with E-state index in [1.165, 1.54) is 7.05 Å². The normalized spacial score (nSPS) is 22.5. The van der Waals surface area contributed by atoms with Crippen molar-refractivity contribution in [3.63, 3.8) is 0 Å². The average Bonchev–Trinajstić information content (AvgIpc) is 2.79. The van der Waals surface area contributed by atoms with Crippen LogP contribution in [0.15, 0.2) is 22.7 Å². The van der Waals surface area contributed by atoms with Gasteiger partial charge in [-0.25, -0.2) is 0 Å². The summed E-state index contributed by atoms with van der Waals surface area (Å²) in [7, 11) is 1.27. The van der Waals surface area contributed by atoms with Crippen molar-refractivity contribution in [1.29, 1.82) is 5.26 Å². The molecule has 0 aromatic rings. The maximum atomic E-state index is 13.5. The topological polar surface area (TPSA) is 53.0 Å². The Bertz CT molecular complexity index is 561. The maximum absolute atomic E-state index is 13.5. The summed E-state index contributed by atoms with van der Waals surface area (Å²) in [6.45, 7) is 0. The third kappa shape index (κ3) is 1.74. The molecule has 0 aromatic carbocycles. The van der Waals surface area contributed by atoms with Crippen molar-refractivity contribution in [3.8, 4) is 6.07 Å². The zero-order valence-electron chi connectivity index (χ0n) is 10.9. The van der Waals surface area contributed by atoms with E-state index < -0.39 is 34.7 Å². The highest BCUT2D eigenvalue weighted by atomic mass is 19.4. The van der Waals surface area contributed by atoms with Gasteiger partial charge in [0.05, 0.1) is 5.57 Å². The third-order valence-corrected chi connectivity index (χ3v) is 4.00. The number of hydrogen-bond acceptors (Lipinski definition) is 3. The predicted molar refractivity (Wildman–Crippen MR) is 60.0 cm³/mol. The molecule has 0 aromatic heterocycles. The number of hydrogen-bond donors (Lipinski definition) is 1. The lowest BCUT2D eigenvalue weighted by molar-refractivity contribution is -0.311. The molecular formula is C12H11F6N3. The van der Waals surface area contributed by atoms with E-state index in [1.54, 1.807) is 0 Å². The molecule has 0 bridgehead atoms. The summed E-state index contributed by atoms with van der Waals surface area (Å²) in [5.74, 6) is -0.798. The summed E-state index contributed by atoms with van der Waals surface area (Å²) in [5.41, 5.74) is -1.29. The highest BCUT2D eigenvalue weighted by Gasteiger charge is 2.77. The van der Waals surface area contributed by atoms with Crippen LogP contribution in [0.1, 0.15) is 19.3 Å². The van der Waals surface area contributed by atoms with E-state index >= 15 is 0 Å². The van der Waals surface area contributed by atoms with Crippen molar-refractivity contribution in [2.75, 3.05) is 7.05 Å². The van der Waals surface area contributed by atoms with Crippen LogP contribution < -0.4 is 5.73 Å². The van der Waals surface area contributed by atoms with Gasteiger partial charge in [0.2, 0.25) is 5.41 Å². The van der Waals surface area contributed by atoms with E-state index in [4.69, 9.17) is 11.0 Å². The molecule has 0 saturated heterocycles. The molecule has 9 heteroatoms. The third-order valence-electron chi connectivity index (χ3n) is 4.00. The molecule has 2 N–H and O–H groups in total. The molecule has 0 saturated carbocycles. The standard InChI is InChI=1S/C12H11F6N3/c1-21-8-4-2-3-6(8)10(11(13,14)15,12(16,17)18)7(5-19)9(21)20/h2-4,20H2,1H3. The fourth-order valence-corrected chi connectivity index (χ4v) is 3.09. The highest BCUT2D eigenvalue weighted by Crippen LogP contribution is 2.64. The van der Waals surface area contributed by atoms with Crippen molar-refractivity contribution in [1.82, 2.24) is 4.90 Å². The molecule has 1 aliphatic heterocycles. The number of rotatable bonds is 0. The van der Waals surface area contributed by atoms with E-state index in [9.17, 15) is 26.3 Å². The Morgan fingerprint density at radius 3 is 2.10 bits per heavy atom. The molecular weight excluding hydrogens is 300 g/mol. The summed E-state index contributed by atoms with van der Waals surface area (Å²) >= 11 is 0. The summed E-state index contributed by atoms with van der Waals surface area (Å²) in [6, 6.07) is 1.04. The number of halogens is 6. The molecule has 2 rings (SSSR count). The number of nitriles is 1. The second kappa shape index (κ2) is 4.32. The zero-order chi connectivity index (χ0) is 16.2. The first-order chi connectivity index (χ1) is 9.50. The number of allylic oxidation sites excluding steroid dienone is 3.